The molecule has 1 aromatic heterocycles. The highest BCUT2D eigenvalue weighted by Gasteiger charge is 2.60. The van der Waals surface area contributed by atoms with E-state index in [1.807, 2.05) is 13.8 Å². The van der Waals surface area contributed by atoms with Gasteiger partial charge in [-0.2, -0.15) is 0 Å². The van der Waals surface area contributed by atoms with E-state index in [1.54, 1.807) is 4.90 Å². The molecule has 0 radical (unpaired) electrons. The van der Waals surface area contributed by atoms with Crippen molar-refractivity contribution in [3.63, 3.8) is 0 Å². The first kappa shape index (κ1) is 30.1. The Bertz CT molecular complexity index is 1290. The zero-order valence-electron chi connectivity index (χ0n) is 23.5. The van der Waals surface area contributed by atoms with Crippen molar-refractivity contribution in [2.24, 2.45) is 29.4 Å². The number of β-lactam (4-membered cyclic amide) rings is 1. The predicted molar refractivity (Wildman–Crippen MR) is 150 cm³/mol. The van der Waals surface area contributed by atoms with Gasteiger partial charge in [0.05, 0.1) is 36.5 Å². The summed E-state index contributed by atoms with van der Waals surface area (Å²) in [5, 5.41) is 41.4. The number of ketones is 1. The SMILES string of the molecule is C[C@@H](CC(=O)Cn1cnnn1)[C@H]1C(=O)N2C(C(=O)O)=C(S[C@@H]3CN[C@H](C(=O)N4C[C@@H](CC(=N)N)C[C@H]4CO)C3)[C@H](C)[C@H]12. The van der Waals surface area contributed by atoms with E-state index < -0.39 is 17.9 Å². The lowest BCUT2D eigenvalue weighted by atomic mass is 9.73. The number of carbonyl (C=O) groups excluding carboxylic acids is 3. The van der Waals surface area contributed by atoms with E-state index in [9.17, 15) is 29.4 Å². The fourth-order valence-corrected chi connectivity index (χ4v) is 8.51. The van der Waals surface area contributed by atoms with Crippen molar-refractivity contribution in [2.45, 2.75) is 69.5 Å². The molecule has 0 saturated carbocycles. The molecular weight excluding hydrogens is 566 g/mol. The molecule has 0 unspecified atom stereocenters. The van der Waals surface area contributed by atoms with Gasteiger partial charge in [-0.3, -0.25) is 19.8 Å². The van der Waals surface area contributed by atoms with Gasteiger partial charge in [-0.25, -0.2) is 9.48 Å². The Morgan fingerprint density at radius 3 is 2.71 bits per heavy atom. The van der Waals surface area contributed by atoms with Gasteiger partial charge >= 0.3 is 5.97 Å². The van der Waals surface area contributed by atoms with Gasteiger partial charge in [-0.05, 0) is 35.1 Å². The minimum atomic E-state index is -1.17. The van der Waals surface area contributed by atoms with E-state index in [-0.39, 0.29) is 83.8 Å². The number of nitrogens with two attached hydrogens (primary N) is 1. The third-order valence-electron chi connectivity index (χ3n) is 8.87. The van der Waals surface area contributed by atoms with Crippen LogP contribution in [0.3, 0.4) is 0 Å². The monoisotopic (exact) mass is 603 g/mol. The van der Waals surface area contributed by atoms with Crippen molar-refractivity contribution < 1.29 is 29.4 Å². The number of aliphatic carboxylic acids is 1. The summed E-state index contributed by atoms with van der Waals surface area (Å²) in [7, 11) is 0. The number of hydrogen-bond acceptors (Lipinski definition) is 11. The van der Waals surface area contributed by atoms with E-state index in [0.29, 0.717) is 37.3 Å². The number of aliphatic hydroxyl groups excluding tert-OH is 1. The molecule has 6 N–H and O–H groups in total. The molecule has 0 aromatic carbocycles. The van der Waals surface area contributed by atoms with Crippen LogP contribution in [0.25, 0.3) is 0 Å². The first-order chi connectivity index (χ1) is 20.0. The number of hydrogen-bond donors (Lipinski definition) is 5. The average Bonchev–Trinajstić information content (AvgIpc) is 3.71. The normalized spacial score (nSPS) is 31.3. The molecule has 1 aromatic rings. The number of tetrazole rings is 1. The first-order valence-corrected chi connectivity index (χ1v) is 15.0. The number of carbonyl (C=O) groups is 4. The minimum absolute atomic E-state index is 0.00431. The van der Waals surface area contributed by atoms with Crippen molar-refractivity contribution in [1.82, 2.24) is 35.3 Å². The highest BCUT2D eigenvalue weighted by Crippen LogP contribution is 2.53. The number of nitrogens with zero attached hydrogens (tertiary/aromatic N) is 6. The molecular formula is C26H37N9O6S. The van der Waals surface area contributed by atoms with E-state index in [4.69, 9.17) is 11.1 Å². The second kappa shape index (κ2) is 12.1. The van der Waals surface area contributed by atoms with Gasteiger partial charge in [0.2, 0.25) is 11.8 Å². The standard InChI is InChI=1S/C26H37N9O6S/c1-12(3-16(37)9-33-11-30-31-32-33)20-21-13(2)23(22(26(40)41)35(21)25(20)39)42-17-6-18(29-7-17)24(38)34-8-14(5-19(27)28)4-15(34)10-36/h11-15,17-18,20-21,29,36H,3-10H2,1-2H3,(H3,27,28)(H,40,41)/t12-,13+,14+,15-,17-,18-,20+,21+/m0/s1. The van der Waals surface area contributed by atoms with Crippen LogP contribution < -0.4 is 11.1 Å². The number of rotatable bonds is 12. The second-order valence-electron chi connectivity index (χ2n) is 11.9. The summed E-state index contributed by atoms with van der Waals surface area (Å²) in [6, 6.07) is -1.14. The molecule has 8 atom stereocenters. The molecule has 4 aliphatic rings. The number of aliphatic hydroxyl groups is 1. The van der Waals surface area contributed by atoms with Gasteiger partial charge < -0.3 is 31.1 Å². The number of carboxylic acid groups (broad SMARTS) is 1. The maximum absolute atomic E-state index is 13.4. The topological polar surface area (TPSA) is 221 Å². The first-order valence-electron chi connectivity index (χ1n) is 14.2. The smallest absolute Gasteiger partial charge is 0.353 e. The maximum Gasteiger partial charge on any atom is 0.353 e. The fourth-order valence-electron chi connectivity index (χ4n) is 7.03. The third kappa shape index (κ3) is 5.66. The van der Waals surface area contributed by atoms with Crippen LogP contribution in [0.15, 0.2) is 16.9 Å². The van der Waals surface area contributed by atoms with Crippen LogP contribution in [-0.2, 0) is 25.7 Å². The highest BCUT2D eigenvalue weighted by atomic mass is 32.2. The van der Waals surface area contributed by atoms with Crippen LogP contribution in [0, 0.1) is 29.1 Å². The van der Waals surface area contributed by atoms with Gasteiger partial charge in [0, 0.05) is 42.0 Å². The summed E-state index contributed by atoms with van der Waals surface area (Å²) >= 11 is 1.40. The highest BCUT2D eigenvalue weighted by molar-refractivity contribution is 8.03. The van der Waals surface area contributed by atoms with Crippen molar-refractivity contribution in [1.29, 1.82) is 5.41 Å². The summed E-state index contributed by atoms with van der Waals surface area (Å²) in [5.41, 5.74) is 5.55. The van der Waals surface area contributed by atoms with Gasteiger partial charge in [0.15, 0.2) is 5.78 Å². The van der Waals surface area contributed by atoms with Crippen LogP contribution >= 0.6 is 11.8 Å². The zero-order chi connectivity index (χ0) is 30.3. The lowest BCUT2D eigenvalue weighted by Gasteiger charge is -2.47. The number of thioether (sulfide) groups is 1. The van der Waals surface area contributed by atoms with E-state index >= 15 is 0 Å². The molecule has 15 nitrogen and oxygen atoms in total. The van der Waals surface area contributed by atoms with Crippen LogP contribution in [0.1, 0.15) is 39.5 Å². The number of carboxylic acids is 1. The number of amides is 2. The molecule has 228 valence electrons. The number of fused-ring (bicyclic) bond motifs is 1. The van der Waals surface area contributed by atoms with E-state index in [1.165, 1.54) is 27.7 Å². The maximum atomic E-state index is 13.4. The molecule has 4 aliphatic heterocycles. The second-order valence-corrected chi connectivity index (χ2v) is 13.2. The van der Waals surface area contributed by atoms with Crippen LogP contribution in [-0.4, -0.2) is 113 Å². The van der Waals surface area contributed by atoms with Gasteiger partial charge in [0.1, 0.15) is 18.6 Å². The summed E-state index contributed by atoms with van der Waals surface area (Å²) in [6.07, 6.45) is 2.94. The Kier molecular flexibility index (Phi) is 8.66. The number of nitrogens with one attached hydrogen (secondary N) is 2. The summed E-state index contributed by atoms with van der Waals surface area (Å²) in [6.45, 7) is 4.52. The van der Waals surface area contributed by atoms with Crippen LogP contribution in [0.5, 0.6) is 0 Å². The Balaban J connectivity index is 1.22. The number of Topliss-reactive ketones (excluding diaryl/α,β-unsaturated/α-hetero) is 1. The van der Waals surface area contributed by atoms with Crippen molar-refractivity contribution in [3.8, 4) is 0 Å². The molecule has 5 heterocycles. The molecule has 0 spiro atoms. The Hall–Kier alpha value is -3.37. The minimum Gasteiger partial charge on any atom is -0.477 e. The number of aromatic nitrogens is 4. The summed E-state index contributed by atoms with van der Waals surface area (Å²) in [4.78, 5) is 55.2. The van der Waals surface area contributed by atoms with E-state index in [2.05, 4.69) is 20.8 Å². The third-order valence-corrected chi connectivity index (χ3v) is 10.4. The van der Waals surface area contributed by atoms with Crippen molar-refractivity contribution in [2.75, 3.05) is 19.7 Å². The molecule has 5 rings (SSSR count). The molecule has 0 aliphatic carbocycles. The molecule has 2 amide bonds. The van der Waals surface area contributed by atoms with Gasteiger partial charge in [-0.15, -0.1) is 16.9 Å². The number of amidine groups is 1. The molecule has 0 bridgehead atoms. The molecule has 42 heavy (non-hydrogen) atoms. The summed E-state index contributed by atoms with van der Waals surface area (Å²) < 4.78 is 1.33. The number of likely N-dealkylation sites (tertiary alicyclic amines) is 1. The van der Waals surface area contributed by atoms with Gasteiger partial charge in [0.25, 0.3) is 0 Å². The Labute approximate surface area is 246 Å². The average molecular weight is 604 g/mol. The Morgan fingerprint density at radius 1 is 1.31 bits per heavy atom. The van der Waals surface area contributed by atoms with Crippen LogP contribution in [0.2, 0.25) is 0 Å². The Morgan fingerprint density at radius 2 is 2.07 bits per heavy atom. The van der Waals surface area contributed by atoms with E-state index in [0.717, 1.165) is 0 Å². The lowest BCUT2D eigenvalue weighted by Crippen LogP contribution is -2.62. The molecule has 16 heteroatoms. The van der Waals surface area contributed by atoms with Crippen LogP contribution in [0.4, 0.5) is 0 Å². The fraction of sp³-hybridized carbons (Fsp3) is 0.692. The quantitative estimate of drug-likeness (QED) is 0.111. The predicted octanol–water partition coefficient (Wildman–Crippen LogP) is -0.960. The molecule has 3 saturated heterocycles. The summed E-state index contributed by atoms with van der Waals surface area (Å²) in [5.74, 6) is -2.59. The largest absolute Gasteiger partial charge is 0.477 e. The lowest BCUT2D eigenvalue weighted by molar-refractivity contribution is -0.160. The molecule has 3 fully saturated rings. The van der Waals surface area contributed by atoms with Crippen molar-refractivity contribution >= 4 is 41.2 Å². The van der Waals surface area contributed by atoms with Gasteiger partial charge in [-0.1, -0.05) is 13.8 Å². The zero-order valence-corrected chi connectivity index (χ0v) is 24.4. The van der Waals surface area contributed by atoms with Crippen molar-refractivity contribution in [3.05, 3.63) is 16.9 Å².